The van der Waals surface area contributed by atoms with Gasteiger partial charge in [-0.05, 0) is 35.7 Å². The molecule has 33 heavy (non-hydrogen) atoms. The van der Waals surface area contributed by atoms with E-state index >= 15 is 0 Å². The number of hydrogen-bond donors (Lipinski definition) is 2. The van der Waals surface area contributed by atoms with Gasteiger partial charge in [0.2, 0.25) is 17.6 Å². The summed E-state index contributed by atoms with van der Waals surface area (Å²) in [6.45, 7) is 0.702. The molecule has 1 saturated heterocycles. The van der Waals surface area contributed by atoms with E-state index in [1.165, 1.54) is 4.90 Å². The van der Waals surface area contributed by atoms with Crippen molar-refractivity contribution < 1.29 is 18.9 Å². The van der Waals surface area contributed by atoms with Gasteiger partial charge in [0.25, 0.3) is 5.91 Å². The number of rotatable bonds is 5. The average molecular weight is 442 g/mol. The lowest BCUT2D eigenvalue weighted by Gasteiger charge is -2.29. The van der Waals surface area contributed by atoms with Gasteiger partial charge in [-0.1, -0.05) is 29.4 Å². The van der Waals surface area contributed by atoms with Crippen LogP contribution < -0.4 is 10.6 Å². The number of nitrogens with one attached hydrogen (secondary N) is 2. The minimum absolute atomic E-state index is 0.208. The van der Waals surface area contributed by atoms with Crippen molar-refractivity contribution in [1.29, 1.82) is 5.26 Å². The molecule has 0 radical (unpaired) electrons. The topological polar surface area (TPSA) is 141 Å². The maximum absolute atomic E-state index is 12.8. The summed E-state index contributed by atoms with van der Waals surface area (Å²) in [6, 6.07) is 14.1. The van der Waals surface area contributed by atoms with Gasteiger partial charge in [-0.3, -0.25) is 19.7 Å². The average Bonchev–Trinajstić information content (AvgIpc) is 3.42. The van der Waals surface area contributed by atoms with Crippen molar-refractivity contribution in [3.05, 3.63) is 64.7 Å². The molecule has 3 amide bonds. The molecule has 5 rings (SSSR count). The molecule has 10 heteroatoms. The lowest BCUT2D eigenvalue weighted by molar-refractivity contribution is -0.136. The van der Waals surface area contributed by atoms with E-state index in [4.69, 9.17) is 9.78 Å². The summed E-state index contributed by atoms with van der Waals surface area (Å²) in [5.41, 5.74) is 3.46. The molecule has 1 fully saturated rings. The number of nitriles is 1. The van der Waals surface area contributed by atoms with Gasteiger partial charge in [-0.25, -0.2) is 0 Å². The molecule has 2 aliphatic rings. The molecule has 1 atom stereocenters. The number of carbonyl (C=O) groups excluding carboxylic acids is 3. The summed E-state index contributed by atoms with van der Waals surface area (Å²) < 4.78 is 5.25. The first-order valence-corrected chi connectivity index (χ1v) is 10.4. The van der Waals surface area contributed by atoms with Gasteiger partial charge in [0.1, 0.15) is 6.04 Å². The van der Waals surface area contributed by atoms with Crippen LogP contribution in [0.15, 0.2) is 47.0 Å². The van der Waals surface area contributed by atoms with Crippen molar-refractivity contribution in [2.75, 3.05) is 5.32 Å². The van der Waals surface area contributed by atoms with Crippen molar-refractivity contribution >= 4 is 23.7 Å². The predicted molar refractivity (Wildman–Crippen MR) is 114 cm³/mol. The Morgan fingerprint density at radius 2 is 2.09 bits per heavy atom. The number of aromatic nitrogens is 2. The molecule has 2 aromatic carbocycles. The maximum Gasteiger partial charge on any atom is 0.322 e. The van der Waals surface area contributed by atoms with Gasteiger partial charge in [-0.15, -0.1) is 0 Å². The van der Waals surface area contributed by atoms with Crippen LogP contribution in [0.25, 0.3) is 11.4 Å². The lowest BCUT2D eigenvalue weighted by atomic mass is 10.0. The number of hydrogen-bond acceptors (Lipinski definition) is 8. The number of imide groups is 1. The minimum Gasteiger partial charge on any atom is -0.334 e. The van der Waals surface area contributed by atoms with Crippen molar-refractivity contribution in [1.82, 2.24) is 20.4 Å². The van der Waals surface area contributed by atoms with Crippen molar-refractivity contribution in [3.8, 4) is 17.5 Å². The van der Waals surface area contributed by atoms with Crippen LogP contribution in [-0.2, 0) is 22.7 Å². The summed E-state index contributed by atoms with van der Waals surface area (Å²) in [7, 11) is 0. The Bertz CT molecular complexity index is 1320. The number of nitrogens with zero attached hydrogens (tertiary/aromatic N) is 4. The van der Waals surface area contributed by atoms with Crippen LogP contribution in [0, 0.1) is 11.3 Å². The quantitative estimate of drug-likeness (QED) is 0.572. The molecule has 0 spiro atoms. The molecule has 3 aromatic rings. The van der Waals surface area contributed by atoms with Gasteiger partial charge < -0.3 is 14.7 Å². The first-order valence-electron chi connectivity index (χ1n) is 10.4. The van der Waals surface area contributed by atoms with E-state index in [0.29, 0.717) is 42.0 Å². The minimum atomic E-state index is -0.638. The van der Waals surface area contributed by atoms with E-state index in [2.05, 4.69) is 26.8 Å². The van der Waals surface area contributed by atoms with Crippen molar-refractivity contribution in [2.45, 2.75) is 32.0 Å². The van der Waals surface area contributed by atoms with E-state index in [-0.39, 0.29) is 24.2 Å². The molecule has 10 nitrogen and oxygen atoms in total. The highest BCUT2D eigenvalue weighted by atomic mass is 16.5. The zero-order valence-corrected chi connectivity index (χ0v) is 17.4. The van der Waals surface area contributed by atoms with E-state index in [1.807, 2.05) is 12.1 Å². The summed E-state index contributed by atoms with van der Waals surface area (Å²) in [5.74, 6) is -0.577. The van der Waals surface area contributed by atoms with E-state index in [0.717, 1.165) is 11.1 Å². The predicted octanol–water partition coefficient (Wildman–Crippen LogP) is 1.98. The first kappa shape index (κ1) is 20.4. The Kier molecular flexibility index (Phi) is 5.06. The molecule has 1 aromatic heterocycles. The summed E-state index contributed by atoms with van der Waals surface area (Å²) in [6.07, 6.45) is 0.550. The van der Waals surface area contributed by atoms with Crippen LogP contribution in [-0.4, -0.2) is 38.8 Å². The molecule has 1 unspecified atom stereocenters. The molecule has 0 aliphatic carbocycles. The van der Waals surface area contributed by atoms with E-state index in [9.17, 15) is 14.4 Å². The fourth-order valence-electron chi connectivity index (χ4n) is 4.06. The normalized spacial score (nSPS) is 17.5. The van der Waals surface area contributed by atoms with Crippen LogP contribution in [0.3, 0.4) is 0 Å². The summed E-state index contributed by atoms with van der Waals surface area (Å²) >= 11 is 0. The second-order valence-corrected chi connectivity index (χ2v) is 7.86. The number of benzene rings is 2. The highest BCUT2D eigenvalue weighted by Crippen LogP contribution is 2.28. The van der Waals surface area contributed by atoms with Gasteiger partial charge in [-0.2, -0.15) is 10.2 Å². The number of carbonyl (C=O) groups is 3. The second kappa shape index (κ2) is 8.20. The largest absolute Gasteiger partial charge is 0.334 e. The number of amides is 3. The van der Waals surface area contributed by atoms with Crippen molar-refractivity contribution in [3.63, 3.8) is 0 Å². The summed E-state index contributed by atoms with van der Waals surface area (Å²) in [4.78, 5) is 42.2. The zero-order chi connectivity index (χ0) is 22.9. The Morgan fingerprint density at radius 3 is 2.91 bits per heavy atom. The fourth-order valence-corrected chi connectivity index (χ4v) is 4.06. The molecule has 2 aliphatic heterocycles. The van der Waals surface area contributed by atoms with Gasteiger partial charge in [0.05, 0.1) is 11.6 Å². The van der Waals surface area contributed by atoms with Crippen LogP contribution in [0.5, 0.6) is 0 Å². The zero-order valence-electron chi connectivity index (χ0n) is 17.4. The third-order valence-electron chi connectivity index (χ3n) is 5.71. The Morgan fingerprint density at radius 1 is 1.21 bits per heavy atom. The monoisotopic (exact) mass is 442 g/mol. The highest BCUT2D eigenvalue weighted by molar-refractivity contribution is 6.05. The van der Waals surface area contributed by atoms with Crippen LogP contribution in [0.2, 0.25) is 0 Å². The second-order valence-electron chi connectivity index (χ2n) is 7.86. The third-order valence-corrected chi connectivity index (χ3v) is 5.71. The van der Waals surface area contributed by atoms with E-state index < -0.39 is 11.9 Å². The Labute approximate surface area is 188 Å². The molecule has 3 heterocycles. The van der Waals surface area contributed by atoms with Crippen LogP contribution in [0.4, 0.5) is 6.01 Å². The summed E-state index contributed by atoms with van der Waals surface area (Å²) in [5, 5.41) is 18.3. The van der Waals surface area contributed by atoms with E-state index in [1.54, 1.807) is 30.3 Å². The lowest BCUT2D eigenvalue weighted by Crippen LogP contribution is -2.52. The third kappa shape index (κ3) is 3.92. The standard InChI is InChI=1S/C23H18N6O4/c24-10-13-2-1-3-15(8-13)20-27-23(33-28-20)25-11-14-4-5-17-16(9-14)12-29(22(17)32)18-6-7-19(30)26-21(18)31/h1-5,8-9,18H,6-7,11-12H2,(H,25,27,28)(H,26,30,31). The fraction of sp³-hybridized carbons (Fsp3) is 0.217. The number of piperidine rings is 1. The Hall–Kier alpha value is -4.52. The van der Waals surface area contributed by atoms with Gasteiger partial charge in [0.15, 0.2) is 0 Å². The molecular formula is C23H18N6O4. The smallest absolute Gasteiger partial charge is 0.322 e. The maximum atomic E-state index is 12.8. The van der Waals surface area contributed by atoms with Crippen LogP contribution in [0.1, 0.15) is 39.9 Å². The highest BCUT2D eigenvalue weighted by Gasteiger charge is 2.39. The molecular weight excluding hydrogens is 424 g/mol. The van der Waals surface area contributed by atoms with Crippen LogP contribution >= 0.6 is 0 Å². The molecule has 0 saturated carbocycles. The number of fused-ring (bicyclic) bond motifs is 1. The molecule has 2 N–H and O–H groups in total. The van der Waals surface area contributed by atoms with Gasteiger partial charge >= 0.3 is 6.01 Å². The SMILES string of the molecule is N#Cc1cccc(-c2noc(NCc3ccc4c(c3)CN(C3CCC(=O)NC3=O)C4=O)n2)c1. The molecule has 164 valence electrons. The number of anilines is 1. The molecule has 0 bridgehead atoms. The van der Waals surface area contributed by atoms with Crippen molar-refractivity contribution in [2.24, 2.45) is 0 Å². The first-order chi connectivity index (χ1) is 16.0. The Balaban J connectivity index is 1.26. The van der Waals surface area contributed by atoms with Gasteiger partial charge in [0, 0.05) is 30.6 Å².